The van der Waals surface area contributed by atoms with Gasteiger partial charge in [-0.25, -0.2) is 5.43 Å². The predicted molar refractivity (Wildman–Crippen MR) is 98.2 cm³/mol. The largest absolute Gasteiger partial charge is 0.496 e. The average molecular weight is 360 g/mol. The zero-order valence-electron chi connectivity index (χ0n) is 13.9. The van der Waals surface area contributed by atoms with Crippen molar-refractivity contribution >= 4 is 35.3 Å². The van der Waals surface area contributed by atoms with E-state index in [-0.39, 0.29) is 6.42 Å². The first-order valence-electron chi connectivity index (χ1n) is 7.50. The molecule has 25 heavy (non-hydrogen) atoms. The second-order valence-electron chi connectivity index (χ2n) is 5.22. The van der Waals surface area contributed by atoms with Crippen LogP contribution >= 0.6 is 11.6 Å². The maximum atomic E-state index is 11.9. The Hall–Kier alpha value is -2.86. The zero-order valence-corrected chi connectivity index (χ0v) is 14.6. The van der Waals surface area contributed by atoms with Gasteiger partial charge in [-0.05, 0) is 36.8 Å². The highest BCUT2D eigenvalue weighted by Gasteiger charge is 2.09. The summed E-state index contributed by atoms with van der Waals surface area (Å²) in [6.45, 7) is 1.86. The van der Waals surface area contributed by atoms with Crippen LogP contribution in [0.25, 0.3) is 0 Å². The Bertz CT molecular complexity index is 806. The Kier molecular flexibility index (Phi) is 6.54. The first kappa shape index (κ1) is 18.5. The fourth-order valence-electron chi connectivity index (χ4n) is 2.01. The molecule has 0 saturated heterocycles. The van der Waals surface area contributed by atoms with Gasteiger partial charge in [0, 0.05) is 16.3 Å². The van der Waals surface area contributed by atoms with Crippen molar-refractivity contribution in [1.82, 2.24) is 5.43 Å². The highest BCUT2D eigenvalue weighted by molar-refractivity contribution is 6.31. The molecule has 0 unspecified atom stereocenters. The molecule has 0 atom stereocenters. The van der Waals surface area contributed by atoms with Crippen molar-refractivity contribution in [3.63, 3.8) is 0 Å². The maximum absolute atomic E-state index is 11.9. The molecule has 2 amide bonds. The SMILES string of the molecule is COc1ccccc1C=NNC(=O)CC(=O)Nc1ccc(C)c(Cl)c1. The number of hydrogen-bond acceptors (Lipinski definition) is 4. The number of methoxy groups -OCH3 is 1. The minimum absolute atomic E-state index is 0.352. The van der Waals surface area contributed by atoms with Crippen LogP contribution < -0.4 is 15.5 Å². The summed E-state index contributed by atoms with van der Waals surface area (Å²) in [5, 5.41) is 6.99. The molecule has 6 nitrogen and oxygen atoms in total. The van der Waals surface area contributed by atoms with Crippen LogP contribution in [0.5, 0.6) is 5.75 Å². The van der Waals surface area contributed by atoms with Gasteiger partial charge in [-0.1, -0.05) is 29.8 Å². The summed E-state index contributed by atoms with van der Waals surface area (Å²) < 4.78 is 5.17. The standard InChI is InChI=1S/C18H18ClN3O3/c1-12-7-8-14(9-15(12)19)21-17(23)10-18(24)22-20-11-13-5-3-4-6-16(13)25-2/h3-9,11H,10H2,1-2H3,(H,21,23)(H,22,24). The Morgan fingerprint density at radius 3 is 2.68 bits per heavy atom. The van der Waals surface area contributed by atoms with Crippen LogP contribution in [0.2, 0.25) is 5.02 Å². The molecule has 0 saturated carbocycles. The van der Waals surface area contributed by atoms with Crippen molar-refractivity contribution in [2.45, 2.75) is 13.3 Å². The number of rotatable bonds is 6. The summed E-state index contributed by atoms with van der Waals surface area (Å²) in [6, 6.07) is 12.4. The van der Waals surface area contributed by atoms with E-state index in [4.69, 9.17) is 16.3 Å². The van der Waals surface area contributed by atoms with Gasteiger partial charge in [0.05, 0.1) is 13.3 Å². The lowest BCUT2D eigenvalue weighted by Gasteiger charge is -2.06. The average Bonchev–Trinajstić information content (AvgIpc) is 2.58. The molecule has 0 heterocycles. The number of nitrogens with zero attached hydrogens (tertiary/aromatic N) is 1. The third-order valence-electron chi connectivity index (χ3n) is 3.31. The Morgan fingerprint density at radius 1 is 1.20 bits per heavy atom. The van der Waals surface area contributed by atoms with Crippen molar-refractivity contribution in [2.24, 2.45) is 5.10 Å². The van der Waals surface area contributed by atoms with Crippen LogP contribution in [0.4, 0.5) is 5.69 Å². The first-order valence-corrected chi connectivity index (χ1v) is 7.88. The lowest BCUT2D eigenvalue weighted by Crippen LogP contribution is -2.24. The van der Waals surface area contributed by atoms with E-state index in [2.05, 4.69) is 15.8 Å². The zero-order chi connectivity index (χ0) is 18.2. The lowest BCUT2D eigenvalue weighted by molar-refractivity contribution is -0.126. The topological polar surface area (TPSA) is 79.8 Å². The van der Waals surface area contributed by atoms with E-state index in [1.54, 1.807) is 37.4 Å². The minimum Gasteiger partial charge on any atom is -0.496 e. The van der Waals surface area contributed by atoms with Crippen molar-refractivity contribution in [3.8, 4) is 5.75 Å². The second-order valence-corrected chi connectivity index (χ2v) is 5.63. The molecule has 2 aromatic carbocycles. The summed E-state index contributed by atoms with van der Waals surface area (Å²) in [7, 11) is 1.55. The molecule has 130 valence electrons. The summed E-state index contributed by atoms with van der Waals surface area (Å²) in [5.41, 5.74) is 4.46. The van der Waals surface area contributed by atoms with E-state index < -0.39 is 11.8 Å². The molecule has 2 aromatic rings. The molecule has 7 heteroatoms. The van der Waals surface area contributed by atoms with Gasteiger partial charge in [0.25, 0.3) is 0 Å². The molecular weight excluding hydrogens is 342 g/mol. The molecule has 0 fully saturated rings. The van der Waals surface area contributed by atoms with Crippen molar-refractivity contribution in [3.05, 3.63) is 58.6 Å². The molecule has 2 rings (SSSR count). The van der Waals surface area contributed by atoms with Gasteiger partial charge in [-0.3, -0.25) is 9.59 Å². The lowest BCUT2D eigenvalue weighted by atomic mass is 10.2. The van der Waals surface area contributed by atoms with Gasteiger partial charge >= 0.3 is 0 Å². The van der Waals surface area contributed by atoms with Gasteiger partial charge in [0.15, 0.2) is 0 Å². The smallest absolute Gasteiger partial charge is 0.249 e. The van der Waals surface area contributed by atoms with E-state index in [9.17, 15) is 9.59 Å². The van der Waals surface area contributed by atoms with Crippen LogP contribution in [-0.2, 0) is 9.59 Å². The maximum Gasteiger partial charge on any atom is 0.249 e. The molecule has 0 radical (unpaired) electrons. The van der Waals surface area contributed by atoms with Crippen LogP contribution in [0.1, 0.15) is 17.5 Å². The van der Waals surface area contributed by atoms with Gasteiger partial charge < -0.3 is 10.1 Å². The molecular formula is C18H18ClN3O3. The van der Waals surface area contributed by atoms with Crippen molar-refractivity contribution in [2.75, 3.05) is 12.4 Å². The van der Waals surface area contributed by atoms with Gasteiger partial charge in [-0.15, -0.1) is 0 Å². The fraction of sp³-hybridized carbons (Fsp3) is 0.167. The molecule has 0 aliphatic rings. The first-order chi connectivity index (χ1) is 12.0. The number of benzene rings is 2. The highest BCUT2D eigenvalue weighted by Crippen LogP contribution is 2.20. The van der Waals surface area contributed by atoms with E-state index in [0.29, 0.717) is 22.0 Å². The molecule has 0 bridgehead atoms. The number of halogens is 1. The number of ether oxygens (including phenoxy) is 1. The predicted octanol–water partition coefficient (Wildman–Crippen LogP) is 3.14. The van der Waals surface area contributed by atoms with Gasteiger partial charge in [-0.2, -0.15) is 5.10 Å². The summed E-state index contributed by atoms with van der Waals surface area (Å²) in [4.78, 5) is 23.6. The van der Waals surface area contributed by atoms with Gasteiger partial charge in [0.2, 0.25) is 11.8 Å². The summed E-state index contributed by atoms with van der Waals surface area (Å²) >= 11 is 5.99. The van der Waals surface area contributed by atoms with Crippen molar-refractivity contribution in [1.29, 1.82) is 0 Å². The number of amides is 2. The number of aryl methyl sites for hydroxylation is 1. The number of nitrogens with one attached hydrogen (secondary N) is 2. The number of carbonyl (C=O) groups is 2. The second kappa shape index (κ2) is 8.84. The quantitative estimate of drug-likeness (QED) is 0.472. The van der Waals surface area contributed by atoms with Crippen molar-refractivity contribution < 1.29 is 14.3 Å². The number of carbonyl (C=O) groups excluding carboxylic acids is 2. The van der Waals surface area contributed by atoms with Crippen LogP contribution in [-0.4, -0.2) is 25.1 Å². The van der Waals surface area contributed by atoms with E-state index >= 15 is 0 Å². The Balaban J connectivity index is 1.86. The highest BCUT2D eigenvalue weighted by atomic mass is 35.5. The number of para-hydroxylation sites is 1. The normalized spacial score (nSPS) is 10.5. The fourth-order valence-corrected chi connectivity index (χ4v) is 2.19. The molecule has 0 aliphatic carbocycles. The molecule has 2 N–H and O–H groups in total. The van der Waals surface area contributed by atoms with Gasteiger partial charge in [0.1, 0.15) is 12.2 Å². The Morgan fingerprint density at radius 2 is 1.96 bits per heavy atom. The summed E-state index contributed by atoms with van der Waals surface area (Å²) in [5.74, 6) is -0.346. The Labute approximate surface area is 150 Å². The van der Waals surface area contributed by atoms with Crippen LogP contribution in [0.15, 0.2) is 47.6 Å². The number of hydrazone groups is 1. The molecule has 0 aliphatic heterocycles. The third kappa shape index (κ3) is 5.61. The molecule has 0 spiro atoms. The van der Waals surface area contributed by atoms with Crippen LogP contribution in [0, 0.1) is 6.92 Å². The third-order valence-corrected chi connectivity index (χ3v) is 3.72. The van der Waals surface area contributed by atoms with Crippen LogP contribution in [0.3, 0.4) is 0 Å². The van der Waals surface area contributed by atoms with E-state index in [1.165, 1.54) is 6.21 Å². The minimum atomic E-state index is -0.526. The van der Waals surface area contributed by atoms with E-state index in [0.717, 1.165) is 5.56 Å². The number of anilines is 1. The van der Waals surface area contributed by atoms with E-state index in [1.807, 2.05) is 19.1 Å². The number of hydrogen-bond donors (Lipinski definition) is 2. The monoisotopic (exact) mass is 359 g/mol. The molecule has 0 aromatic heterocycles. The summed E-state index contributed by atoms with van der Waals surface area (Å²) in [6.07, 6.45) is 1.10.